The molecule has 2 aliphatic rings. The van der Waals surface area contributed by atoms with E-state index < -0.39 is 30.7 Å². The van der Waals surface area contributed by atoms with Crippen LogP contribution in [0.5, 0.6) is 5.75 Å². The lowest BCUT2D eigenvalue weighted by Gasteiger charge is -2.27. The minimum Gasteiger partial charge on any atom is -0.462 e. The molecule has 2 fully saturated rings. The molecule has 1 aliphatic heterocycles. The summed E-state index contributed by atoms with van der Waals surface area (Å²) in [6, 6.07) is 5.77. The number of aromatic amines is 1. The van der Waals surface area contributed by atoms with Gasteiger partial charge in [-0.05, 0) is 75.8 Å². The van der Waals surface area contributed by atoms with Gasteiger partial charge in [0.15, 0.2) is 17.5 Å². The molecule has 1 aliphatic carbocycles. The number of H-pyrrole nitrogens is 1. The molecule has 0 amide bonds. The largest absolute Gasteiger partial charge is 0.462 e. The highest BCUT2D eigenvalue weighted by Gasteiger charge is 2.52. The molecular formula is C30H40BrN6O8P. The fourth-order valence-electron chi connectivity index (χ4n) is 5.12. The second kappa shape index (κ2) is 14.8. The van der Waals surface area contributed by atoms with Crippen LogP contribution in [-0.4, -0.2) is 63.7 Å². The Morgan fingerprint density at radius 3 is 2.80 bits per heavy atom. The standard InChI is InChI=1S/C30H40BrN6O8P/c1-4-7-19(2)44-28(39)20(3)36-46(40,45-23-11-9-22(31)10-12-23)43-17-30(16-42-24-8-5-6-13-41-24)14-21(30)15-37-18-33-25-26(37)34-29(32)35-27(25)38/h9-12,15,18-20,24H,4-8,13-14,16-17H2,1-3H3,(H,36,40)(H3,32,34,35,38)/b21-15-/t19-,20-,24?,30?,46?/m0/s1. The highest BCUT2D eigenvalue weighted by molar-refractivity contribution is 9.10. The van der Waals surface area contributed by atoms with Crippen molar-refractivity contribution < 1.29 is 32.6 Å². The van der Waals surface area contributed by atoms with Gasteiger partial charge < -0.3 is 24.5 Å². The minimum absolute atomic E-state index is 0.0327. The lowest BCUT2D eigenvalue weighted by molar-refractivity contribution is -0.171. The Bertz CT molecular complexity index is 1660. The van der Waals surface area contributed by atoms with Crippen LogP contribution in [0.4, 0.5) is 5.95 Å². The van der Waals surface area contributed by atoms with Gasteiger partial charge in [0.25, 0.3) is 5.56 Å². The predicted octanol–water partition coefficient (Wildman–Crippen LogP) is 5.15. The van der Waals surface area contributed by atoms with Crippen molar-refractivity contribution in [2.24, 2.45) is 5.41 Å². The molecule has 3 unspecified atom stereocenters. The number of benzene rings is 1. The molecule has 46 heavy (non-hydrogen) atoms. The summed E-state index contributed by atoms with van der Waals surface area (Å²) in [5.41, 5.74) is 5.93. The number of anilines is 1. The topological polar surface area (TPSA) is 182 Å². The Labute approximate surface area is 275 Å². The molecule has 1 aromatic carbocycles. The Kier molecular flexibility index (Phi) is 11.0. The van der Waals surface area contributed by atoms with Crippen molar-refractivity contribution in [2.45, 2.75) is 77.7 Å². The zero-order valence-corrected chi connectivity index (χ0v) is 28.6. The van der Waals surface area contributed by atoms with Crippen LogP contribution in [0.3, 0.4) is 0 Å². The van der Waals surface area contributed by atoms with Gasteiger partial charge in [-0.15, -0.1) is 0 Å². The van der Waals surface area contributed by atoms with E-state index in [4.69, 9.17) is 29.0 Å². The van der Waals surface area contributed by atoms with E-state index in [-0.39, 0.29) is 42.8 Å². The van der Waals surface area contributed by atoms with Gasteiger partial charge >= 0.3 is 13.7 Å². The van der Waals surface area contributed by atoms with E-state index in [1.54, 1.807) is 42.0 Å². The third-order valence-electron chi connectivity index (χ3n) is 7.78. The van der Waals surface area contributed by atoms with Crippen molar-refractivity contribution >= 4 is 53.0 Å². The molecule has 3 aromatic rings. The quantitative estimate of drug-likeness (QED) is 0.139. The molecule has 3 heterocycles. The molecule has 0 radical (unpaired) electrons. The lowest BCUT2D eigenvalue weighted by Crippen LogP contribution is -2.37. The highest BCUT2D eigenvalue weighted by Crippen LogP contribution is 2.57. The number of imidazole rings is 1. The van der Waals surface area contributed by atoms with Crippen LogP contribution >= 0.6 is 23.7 Å². The predicted molar refractivity (Wildman–Crippen MR) is 175 cm³/mol. The number of fused-ring (bicyclic) bond motifs is 1. The van der Waals surface area contributed by atoms with Crippen molar-refractivity contribution in [3.05, 3.63) is 51.0 Å². The van der Waals surface area contributed by atoms with E-state index in [9.17, 15) is 14.2 Å². The molecule has 1 saturated heterocycles. The van der Waals surface area contributed by atoms with Gasteiger partial charge in [-0.25, -0.2) is 9.55 Å². The SMILES string of the molecule is CCC[C@H](C)OC(=O)[C@H](C)NP(=O)(OCC1(COC2CCCCO2)C/C1=C/n1cnc2c(=O)[nH]c(N)nc21)Oc1ccc(Br)cc1. The Hall–Kier alpha value is -3.07. The first-order valence-corrected chi connectivity index (χ1v) is 17.7. The van der Waals surface area contributed by atoms with Crippen molar-refractivity contribution in [1.29, 1.82) is 0 Å². The second-order valence-corrected chi connectivity index (χ2v) is 14.3. The van der Waals surface area contributed by atoms with Crippen LogP contribution in [0.1, 0.15) is 59.3 Å². The van der Waals surface area contributed by atoms with E-state index >= 15 is 0 Å². The molecular weight excluding hydrogens is 683 g/mol. The smallest absolute Gasteiger partial charge is 0.459 e. The van der Waals surface area contributed by atoms with Gasteiger partial charge in [0.1, 0.15) is 18.1 Å². The third kappa shape index (κ3) is 8.64. The number of nitrogens with two attached hydrogens (primary N) is 1. The first-order valence-electron chi connectivity index (χ1n) is 15.3. The number of nitrogens with one attached hydrogen (secondary N) is 2. The minimum atomic E-state index is -4.16. The summed E-state index contributed by atoms with van der Waals surface area (Å²) in [5, 5.41) is 2.77. The maximum absolute atomic E-state index is 14.3. The molecule has 0 bridgehead atoms. The second-order valence-electron chi connectivity index (χ2n) is 11.7. The molecule has 16 heteroatoms. The number of hydrogen-bond donors (Lipinski definition) is 3. The number of carbonyl (C=O) groups excluding carboxylic acids is 1. The maximum atomic E-state index is 14.3. The van der Waals surface area contributed by atoms with Crippen molar-refractivity contribution in [3.63, 3.8) is 0 Å². The lowest BCUT2D eigenvalue weighted by atomic mass is 10.1. The number of aromatic nitrogens is 4. The first kappa shape index (κ1) is 34.3. The fraction of sp³-hybridized carbons (Fsp3) is 0.533. The summed E-state index contributed by atoms with van der Waals surface area (Å²) in [4.78, 5) is 36.0. The average molecular weight is 724 g/mol. The number of hydrogen-bond acceptors (Lipinski definition) is 11. The van der Waals surface area contributed by atoms with Gasteiger partial charge in [-0.1, -0.05) is 29.3 Å². The van der Waals surface area contributed by atoms with Gasteiger partial charge in [-0.2, -0.15) is 10.1 Å². The number of esters is 1. The summed E-state index contributed by atoms with van der Waals surface area (Å²) in [6.07, 6.45) is 7.40. The van der Waals surface area contributed by atoms with Crippen LogP contribution in [0.25, 0.3) is 17.4 Å². The Balaban J connectivity index is 1.39. The molecule has 14 nitrogen and oxygen atoms in total. The summed E-state index contributed by atoms with van der Waals surface area (Å²) in [7, 11) is -4.16. The highest BCUT2D eigenvalue weighted by atomic mass is 79.9. The van der Waals surface area contributed by atoms with Crippen LogP contribution in [-0.2, 0) is 28.1 Å². The zero-order valence-electron chi connectivity index (χ0n) is 26.1. The average Bonchev–Trinajstić information content (AvgIpc) is 3.55. The van der Waals surface area contributed by atoms with E-state index in [1.807, 2.05) is 13.8 Å². The van der Waals surface area contributed by atoms with Gasteiger partial charge in [0.2, 0.25) is 5.95 Å². The van der Waals surface area contributed by atoms with Crippen LogP contribution in [0.15, 0.2) is 45.4 Å². The number of carbonyl (C=O) groups is 1. The monoisotopic (exact) mass is 722 g/mol. The summed E-state index contributed by atoms with van der Waals surface area (Å²) in [6.45, 7) is 6.10. The van der Waals surface area contributed by atoms with Crippen LogP contribution in [0.2, 0.25) is 0 Å². The van der Waals surface area contributed by atoms with E-state index in [0.29, 0.717) is 25.1 Å². The van der Waals surface area contributed by atoms with Crippen LogP contribution in [0, 0.1) is 5.41 Å². The molecule has 5 rings (SSSR count). The number of nitrogen functional groups attached to an aromatic ring is 1. The molecule has 0 spiro atoms. The summed E-state index contributed by atoms with van der Waals surface area (Å²) >= 11 is 3.39. The third-order valence-corrected chi connectivity index (χ3v) is 9.93. The number of ether oxygens (including phenoxy) is 3. The number of nitrogens with zero attached hydrogens (tertiary/aromatic N) is 3. The first-order chi connectivity index (χ1) is 22.0. The molecule has 5 atom stereocenters. The number of halogens is 1. The van der Waals surface area contributed by atoms with Crippen molar-refractivity contribution in [2.75, 3.05) is 25.6 Å². The van der Waals surface area contributed by atoms with E-state index in [1.165, 1.54) is 6.33 Å². The summed E-state index contributed by atoms with van der Waals surface area (Å²) in [5.74, 6) is -0.322. The van der Waals surface area contributed by atoms with Crippen molar-refractivity contribution in [3.8, 4) is 5.75 Å². The fourth-order valence-corrected chi connectivity index (χ4v) is 6.96. The number of rotatable bonds is 15. The van der Waals surface area contributed by atoms with Gasteiger partial charge in [-0.3, -0.25) is 23.7 Å². The van der Waals surface area contributed by atoms with Crippen LogP contribution < -0.4 is 20.9 Å². The molecule has 2 aromatic heterocycles. The molecule has 4 N–H and O–H groups in total. The Morgan fingerprint density at radius 2 is 2.09 bits per heavy atom. The van der Waals surface area contributed by atoms with E-state index in [2.05, 4.69) is 36.0 Å². The normalized spacial score (nSPS) is 23.1. The zero-order chi connectivity index (χ0) is 32.9. The van der Waals surface area contributed by atoms with Gasteiger partial charge in [0, 0.05) is 22.7 Å². The maximum Gasteiger partial charge on any atom is 0.459 e. The molecule has 1 saturated carbocycles. The van der Waals surface area contributed by atoms with Crippen molar-refractivity contribution in [1.82, 2.24) is 24.6 Å². The summed E-state index contributed by atoms with van der Waals surface area (Å²) < 4.78 is 46.2. The van der Waals surface area contributed by atoms with E-state index in [0.717, 1.165) is 35.7 Å². The van der Waals surface area contributed by atoms with Gasteiger partial charge in [0.05, 0.1) is 19.3 Å². The Morgan fingerprint density at radius 1 is 1.30 bits per heavy atom. The molecule has 250 valence electrons.